The van der Waals surface area contributed by atoms with Crippen LogP contribution in [0.3, 0.4) is 0 Å². The number of anilines is 1. The van der Waals surface area contributed by atoms with Crippen molar-refractivity contribution in [2.75, 3.05) is 5.32 Å². The molecule has 2 N–H and O–H groups in total. The summed E-state index contributed by atoms with van der Waals surface area (Å²) in [6.07, 6.45) is 1.06. The molecule has 7 heteroatoms. The molecule has 1 heterocycles. The van der Waals surface area contributed by atoms with Gasteiger partial charge >= 0.3 is 0 Å². The molecule has 0 unspecified atom stereocenters. The van der Waals surface area contributed by atoms with Gasteiger partial charge in [0.25, 0.3) is 0 Å². The highest BCUT2D eigenvalue weighted by Gasteiger charge is 2.32. The number of hydrogen-bond donors (Lipinski definition) is 2. The summed E-state index contributed by atoms with van der Waals surface area (Å²) < 4.78 is 1.10. The molecule has 1 aliphatic heterocycles. The van der Waals surface area contributed by atoms with Crippen molar-refractivity contribution >= 4 is 57.0 Å². The van der Waals surface area contributed by atoms with Crippen molar-refractivity contribution in [3.8, 4) is 0 Å². The van der Waals surface area contributed by atoms with E-state index in [0.717, 1.165) is 15.7 Å². The quantitative estimate of drug-likeness (QED) is 0.705. The maximum absolute atomic E-state index is 12.0. The van der Waals surface area contributed by atoms with E-state index in [9.17, 15) is 9.59 Å². The zero-order valence-electron chi connectivity index (χ0n) is 12.4. The van der Waals surface area contributed by atoms with Crippen molar-refractivity contribution in [1.82, 2.24) is 5.32 Å². The lowest BCUT2D eigenvalue weighted by atomic mass is 10.2. The smallest absolute Gasteiger partial charge is 0.240 e. The number of amidine groups is 1. The summed E-state index contributed by atoms with van der Waals surface area (Å²) in [5.74, 6) is -0.316. The minimum Gasteiger partial charge on any atom is -0.326 e. The molecule has 1 aliphatic rings. The lowest BCUT2D eigenvalue weighted by Gasteiger charge is -2.07. The van der Waals surface area contributed by atoms with Crippen LogP contribution < -0.4 is 10.6 Å². The van der Waals surface area contributed by atoms with E-state index in [0.29, 0.717) is 5.17 Å². The molecule has 0 saturated carbocycles. The fourth-order valence-electron chi connectivity index (χ4n) is 1.81. The molecule has 0 radical (unpaired) electrons. The number of carbonyl (C=O) groups is 2. The van der Waals surface area contributed by atoms with Gasteiger partial charge in [0.1, 0.15) is 5.25 Å². The number of carbonyl (C=O) groups excluding carboxylic acids is 2. The van der Waals surface area contributed by atoms with Crippen LogP contribution in [-0.4, -0.2) is 28.3 Å². The molecule has 0 aromatic heterocycles. The molecule has 2 atom stereocenters. The van der Waals surface area contributed by atoms with Crippen molar-refractivity contribution in [3.63, 3.8) is 0 Å². The second-order valence-corrected chi connectivity index (χ2v) is 7.48. The van der Waals surface area contributed by atoms with Gasteiger partial charge in [-0.1, -0.05) is 18.7 Å². The van der Waals surface area contributed by atoms with E-state index in [2.05, 4.69) is 38.2 Å². The van der Waals surface area contributed by atoms with E-state index < -0.39 is 5.25 Å². The largest absolute Gasteiger partial charge is 0.326 e. The van der Waals surface area contributed by atoms with Crippen LogP contribution in [-0.2, 0) is 9.59 Å². The maximum atomic E-state index is 12.0. The summed E-state index contributed by atoms with van der Waals surface area (Å²) in [5, 5.41) is 5.75. The molecule has 1 fully saturated rings. The standard InChI is InChI=1S/C15H18IN3O2S/c1-3-9(2)17-15-19-14(21)12(22-15)8-13(20)18-11-6-4-10(16)5-7-11/h4-7,9,12H,3,8H2,1-2H3,(H,18,20)(H,17,19,21)/t9-,12+/m0/s1. The lowest BCUT2D eigenvalue weighted by Crippen LogP contribution is -2.28. The van der Waals surface area contributed by atoms with Crippen LogP contribution in [0, 0.1) is 3.57 Å². The Morgan fingerprint density at radius 2 is 2.14 bits per heavy atom. The van der Waals surface area contributed by atoms with Gasteiger partial charge in [0.2, 0.25) is 11.8 Å². The Bertz CT molecular complexity index is 589. The van der Waals surface area contributed by atoms with Crippen molar-refractivity contribution in [1.29, 1.82) is 0 Å². The Labute approximate surface area is 147 Å². The van der Waals surface area contributed by atoms with Gasteiger partial charge < -0.3 is 10.6 Å². The molecule has 1 aromatic carbocycles. The first-order valence-corrected chi connectivity index (χ1v) is 9.04. The minimum atomic E-state index is -0.411. The van der Waals surface area contributed by atoms with Crippen LogP contribution in [0.1, 0.15) is 26.7 Å². The topological polar surface area (TPSA) is 70.6 Å². The first-order valence-electron chi connectivity index (χ1n) is 7.08. The SMILES string of the molecule is CC[C@H](C)N=C1NC(=O)[C@@H](CC(=O)Nc2ccc(I)cc2)S1. The third-order valence-electron chi connectivity index (χ3n) is 3.20. The monoisotopic (exact) mass is 431 g/mol. The van der Waals surface area contributed by atoms with E-state index in [1.165, 1.54) is 11.8 Å². The molecule has 118 valence electrons. The maximum Gasteiger partial charge on any atom is 0.240 e. The van der Waals surface area contributed by atoms with Crippen LogP contribution in [0.2, 0.25) is 0 Å². The van der Waals surface area contributed by atoms with Crippen LogP contribution in [0.15, 0.2) is 29.3 Å². The van der Waals surface area contributed by atoms with Crippen LogP contribution in [0.25, 0.3) is 0 Å². The zero-order valence-corrected chi connectivity index (χ0v) is 15.4. The fourth-order valence-corrected chi connectivity index (χ4v) is 3.24. The summed E-state index contributed by atoms with van der Waals surface area (Å²) in [4.78, 5) is 28.3. The number of benzene rings is 1. The lowest BCUT2D eigenvalue weighted by molar-refractivity contribution is -0.122. The van der Waals surface area contributed by atoms with Gasteiger partial charge in [0.05, 0.1) is 0 Å². The van der Waals surface area contributed by atoms with Gasteiger partial charge in [-0.25, -0.2) is 0 Å². The van der Waals surface area contributed by atoms with Gasteiger partial charge in [-0.3, -0.25) is 14.6 Å². The molecule has 2 amide bonds. The summed E-state index contributed by atoms with van der Waals surface area (Å²) in [7, 11) is 0. The van der Waals surface area contributed by atoms with Crippen LogP contribution in [0.5, 0.6) is 0 Å². The van der Waals surface area contributed by atoms with Gasteiger partial charge in [0, 0.05) is 21.7 Å². The average Bonchev–Trinajstić information content (AvgIpc) is 2.81. The van der Waals surface area contributed by atoms with Gasteiger partial charge in [0.15, 0.2) is 5.17 Å². The molecular weight excluding hydrogens is 413 g/mol. The van der Waals surface area contributed by atoms with Gasteiger partial charge in [-0.05, 0) is 60.2 Å². The Balaban J connectivity index is 1.90. The second-order valence-electron chi connectivity index (χ2n) is 5.05. The Hall–Kier alpha value is -1.09. The molecule has 2 rings (SSSR count). The molecular formula is C15H18IN3O2S. The van der Waals surface area contributed by atoms with Crippen LogP contribution >= 0.6 is 34.4 Å². The Kier molecular flexibility index (Phi) is 6.25. The third kappa shape index (κ3) is 4.98. The van der Waals surface area contributed by atoms with Gasteiger partial charge in [-0.15, -0.1) is 0 Å². The first kappa shape index (κ1) is 17.3. The highest BCUT2D eigenvalue weighted by atomic mass is 127. The van der Waals surface area contributed by atoms with Crippen LogP contribution in [0.4, 0.5) is 5.69 Å². The summed E-state index contributed by atoms with van der Waals surface area (Å²) in [6.45, 7) is 4.04. The Morgan fingerprint density at radius 1 is 1.45 bits per heavy atom. The summed E-state index contributed by atoms with van der Waals surface area (Å²) in [6, 6.07) is 7.70. The van der Waals surface area contributed by atoms with Crippen molar-refractivity contribution < 1.29 is 9.59 Å². The predicted octanol–water partition coefficient (Wildman–Crippen LogP) is 3.01. The van der Waals surface area contributed by atoms with Crippen molar-refractivity contribution in [2.24, 2.45) is 4.99 Å². The average molecular weight is 431 g/mol. The van der Waals surface area contributed by atoms with Crippen molar-refractivity contribution in [3.05, 3.63) is 27.8 Å². The molecule has 22 heavy (non-hydrogen) atoms. The molecule has 1 aromatic rings. The number of aliphatic imine (C=N–C) groups is 1. The fraction of sp³-hybridized carbons (Fsp3) is 0.400. The minimum absolute atomic E-state index is 0.141. The molecule has 5 nitrogen and oxygen atoms in total. The predicted molar refractivity (Wildman–Crippen MR) is 99.1 cm³/mol. The second kappa shape index (κ2) is 7.96. The number of nitrogens with zero attached hydrogens (tertiary/aromatic N) is 1. The molecule has 0 aliphatic carbocycles. The zero-order chi connectivity index (χ0) is 16.1. The number of hydrogen-bond acceptors (Lipinski definition) is 4. The van der Waals surface area contributed by atoms with E-state index in [1.807, 2.05) is 38.1 Å². The highest BCUT2D eigenvalue weighted by Crippen LogP contribution is 2.23. The number of thioether (sulfide) groups is 1. The van der Waals surface area contributed by atoms with E-state index >= 15 is 0 Å². The normalized spacial score (nSPS) is 20.8. The summed E-state index contributed by atoms with van der Waals surface area (Å²) >= 11 is 3.54. The molecule has 1 saturated heterocycles. The van der Waals surface area contributed by atoms with E-state index in [-0.39, 0.29) is 24.3 Å². The number of nitrogens with one attached hydrogen (secondary N) is 2. The molecule has 0 bridgehead atoms. The first-order chi connectivity index (χ1) is 10.5. The van der Waals surface area contributed by atoms with E-state index in [1.54, 1.807) is 0 Å². The summed E-state index contributed by atoms with van der Waals surface area (Å²) in [5.41, 5.74) is 0.738. The van der Waals surface area contributed by atoms with E-state index in [4.69, 9.17) is 0 Å². The van der Waals surface area contributed by atoms with Crippen molar-refractivity contribution in [2.45, 2.75) is 38.0 Å². The number of amides is 2. The number of rotatable bonds is 5. The number of halogens is 1. The highest BCUT2D eigenvalue weighted by molar-refractivity contribution is 14.1. The molecule has 0 spiro atoms. The Morgan fingerprint density at radius 3 is 2.77 bits per heavy atom. The van der Waals surface area contributed by atoms with Gasteiger partial charge in [-0.2, -0.15) is 0 Å². The third-order valence-corrected chi connectivity index (χ3v) is 5.02.